The van der Waals surface area contributed by atoms with E-state index in [-0.39, 0.29) is 11.9 Å². The van der Waals surface area contributed by atoms with Crippen LogP contribution in [0.4, 0.5) is 0 Å². The Morgan fingerprint density at radius 2 is 2.16 bits per heavy atom. The predicted molar refractivity (Wildman–Crippen MR) is 78.0 cm³/mol. The largest absolute Gasteiger partial charge is 0.369 e. The van der Waals surface area contributed by atoms with Gasteiger partial charge in [0.2, 0.25) is 0 Å². The Kier molecular flexibility index (Phi) is 3.20. The van der Waals surface area contributed by atoms with Gasteiger partial charge in [0.1, 0.15) is 0 Å². The van der Waals surface area contributed by atoms with Gasteiger partial charge in [0.25, 0.3) is 5.91 Å². The van der Waals surface area contributed by atoms with E-state index in [9.17, 15) is 9.90 Å². The Morgan fingerprint density at radius 3 is 2.79 bits per heavy atom. The first-order chi connectivity index (χ1) is 9.09. The zero-order valence-electron chi connectivity index (χ0n) is 10.2. The fraction of sp³-hybridized carbons (Fsp3) is 0.214. The Hall–Kier alpha value is -1.17. The molecule has 0 bridgehead atoms. The molecule has 2 atom stereocenters. The van der Waals surface area contributed by atoms with Crippen LogP contribution in [0.5, 0.6) is 0 Å². The molecule has 3 rings (SSSR count). The Bertz CT molecular complexity index is 640. The molecule has 19 heavy (non-hydrogen) atoms. The maximum atomic E-state index is 12.4. The van der Waals surface area contributed by atoms with Crippen molar-refractivity contribution in [2.75, 3.05) is 0 Å². The van der Waals surface area contributed by atoms with Crippen molar-refractivity contribution in [1.29, 1.82) is 0 Å². The Balaban J connectivity index is 1.97. The van der Waals surface area contributed by atoms with Gasteiger partial charge in [-0.3, -0.25) is 4.79 Å². The van der Waals surface area contributed by atoms with Crippen LogP contribution < -0.4 is 0 Å². The standard InChI is InChI=1S/C14H12BrNO2S/c1-8(12-6-9(15)7-19-12)16-13(17)10-4-2-3-5-11(10)14(16)18/h2-8,13,17H,1H3. The molecule has 1 N–H and O–H groups in total. The highest BCUT2D eigenvalue weighted by Crippen LogP contribution is 2.39. The Labute approximate surface area is 123 Å². The Morgan fingerprint density at radius 1 is 1.42 bits per heavy atom. The van der Waals surface area contributed by atoms with E-state index >= 15 is 0 Å². The molecule has 1 amide bonds. The number of nitrogens with zero attached hydrogens (tertiary/aromatic N) is 1. The number of hydrogen-bond donors (Lipinski definition) is 1. The molecule has 2 unspecified atom stereocenters. The molecule has 0 saturated carbocycles. The summed E-state index contributed by atoms with van der Waals surface area (Å²) in [5, 5.41) is 12.3. The first-order valence-electron chi connectivity index (χ1n) is 5.93. The number of hydrogen-bond acceptors (Lipinski definition) is 3. The number of fused-ring (bicyclic) bond motifs is 1. The summed E-state index contributed by atoms with van der Waals surface area (Å²) in [6.07, 6.45) is -0.862. The molecule has 2 aromatic rings. The molecule has 0 radical (unpaired) electrons. The fourth-order valence-corrected chi connectivity index (χ4v) is 3.89. The highest BCUT2D eigenvalue weighted by molar-refractivity contribution is 9.10. The van der Waals surface area contributed by atoms with Crippen LogP contribution in [0.15, 0.2) is 40.2 Å². The fourth-order valence-electron chi connectivity index (χ4n) is 2.39. The monoisotopic (exact) mass is 337 g/mol. The van der Waals surface area contributed by atoms with Crippen LogP contribution in [-0.4, -0.2) is 15.9 Å². The van der Waals surface area contributed by atoms with Gasteiger partial charge in [-0.05, 0) is 35.0 Å². The van der Waals surface area contributed by atoms with Crippen LogP contribution in [0.3, 0.4) is 0 Å². The predicted octanol–water partition coefficient (Wildman–Crippen LogP) is 3.72. The third-order valence-electron chi connectivity index (χ3n) is 3.38. The van der Waals surface area contributed by atoms with Gasteiger partial charge in [-0.1, -0.05) is 18.2 Å². The molecule has 2 heterocycles. The molecule has 98 valence electrons. The van der Waals surface area contributed by atoms with Crippen LogP contribution in [0.1, 0.15) is 40.0 Å². The van der Waals surface area contributed by atoms with Crippen LogP contribution in [-0.2, 0) is 0 Å². The summed E-state index contributed by atoms with van der Waals surface area (Å²) in [5.74, 6) is -0.111. The summed E-state index contributed by atoms with van der Waals surface area (Å²) in [6.45, 7) is 1.94. The second-order valence-corrected chi connectivity index (χ2v) is 6.38. The van der Waals surface area contributed by atoms with Gasteiger partial charge in [0.05, 0.1) is 6.04 Å². The maximum Gasteiger partial charge on any atom is 0.257 e. The van der Waals surface area contributed by atoms with Gasteiger partial charge >= 0.3 is 0 Å². The number of amides is 1. The van der Waals surface area contributed by atoms with Crippen LogP contribution in [0, 0.1) is 0 Å². The third kappa shape index (κ3) is 2.02. The van der Waals surface area contributed by atoms with Gasteiger partial charge in [0.15, 0.2) is 6.23 Å². The number of rotatable bonds is 2. The lowest BCUT2D eigenvalue weighted by Crippen LogP contribution is -2.30. The molecule has 1 aromatic carbocycles. The van der Waals surface area contributed by atoms with Crippen molar-refractivity contribution in [3.05, 3.63) is 56.2 Å². The summed E-state index contributed by atoms with van der Waals surface area (Å²) in [6, 6.07) is 9.06. The lowest BCUT2D eigenvalue weighted by atomic mass is 10.1. The lowest BCUT2D eigenvalue weighted by Gasteiger charge is -2.27. The zero-order chi connectivity index (χ0) is 13.6. The van der Waals surface area contributed by atoms with E-state index in [2.05, 4.69) is 15.9 Å². The molecule has 3 nitrogen and oxygen atoms in total. The summed E-state index contributed by atoms with van der Waals surface area (Å²) < 4.78 is 0.998. The molecular weight excluding hydrogens is 326 g/mol. The van der Waals surface area contributed by atoms with E-state index in [0.717, 1.165) is 9.35 Å². The number of thiophene rings is 1. The summed E-state index contributed by atoms with van der Waals surface area (Å²) >= 11 is 4.99. The van der Waals surface area contributed by atoms with Gasteiger partial charge in [-0.2, -0.15) is 0 Å². The molecule has 0 spiro atoms. The van der Waals surface area contributed by atoms with Crippen molar-refractivity contribution in [2.45, 2.75) is 19.2 Å². The van der Waals surface area contributed by atoms with Crippen molar-refractivity contribution in [3.8, 4) is 0 Å². The quantitative estimate of drug-likeness (QED) is 0.907. The minimum absolute atomic E-state index is 0.111. The molecular formula is C14H12BrNO2S. The highest BCUT2D eigenvalue weighted by Gasteiger charge is 2.38. The maximum absolute atomic E-state index is 12.4. The third-order valence-corrected chi connectivity index (χ3v) is 5.25. The van der Waals surface area contributed by atoms with Crippen molar-refractivity contribution in [2.24, 2.45) is 0 Å². The second kappa shape index (κ2) is 4.74. The summed E-state index contributed by atoms with van der Waals surface area (Å²) in [5.41, 5.74) is 1.28. The SMILES string of the molecule is CC(c1cc(Br)cs1)N1C(=O)c2ccccc2C1O. The lowest BCUT2D eigenvalue weighted by molar-refractivity contribution is 0.000332. The highest BCUT2D eigenvalue weighted by atomic mass is 79.9. The molecule has 0 aliphatic carbocycles. The minimum Gasteiger partial charge on any atom is -0.369 e. The van der Waals surface area contributed by atoms with E-state index in [0.29, 0.717) is 11.1 Å². The molecule has 1 aromatic heterocycles. The van der Waals surface area contributed by atoms with Gasteiger partial charge in [-0.15, -0.1) is 11.3 Å². The van der Waals surface area contributed by atoms with Crippen LogP contribution >= 0.6 is 27.3 Å². The minimum atomic E-state index is -0.862. The first kappa shape index (κ1) is 12.8. The normalized spacial score (nSPS) is 19.6. The van der Waals surface area contributed by atoms with Gasteiger partial charge < -0.3 is 10.0 Å². The van der Waals surface area contributed by atoms with Crippen molar-refractivity contribution in [1.82, 2.24) is 4.90 Å². The second-order valence-electron chi connectivity index (χ2n) is 4.52. The average molecular weight is 338 g/mol. The van der Waals surface area contributed by atoms with Crippen molar-refractivity contribution in [3.63, 3.8) is 0 Å². The molecule has 0 saturated heterocycles. The number of halogens is 1. The smallest absolute Gasteiger partial charge is 0.257 e. The van der Waals surface area contributed by atoms with Crippen molar-refractivity contribution >= 4 is 33.2 Å². The topological polar surface area (TPSA) is 40.5 Å². The summed E-state index contributed by atoms with van der Waals surface area (Å²) in [4.78, 5) is 15.0. The zero-order valence-corrected chi connectivity index (χ0v) is 12.6. The number of aliphatic hydroxyl groups is 1. The average Bonchev–Trinajstić information content (AvgIpc) is 2.94. The van der Waals surface area contributed by atoms with Crippen LogP contribution in [0.2, 0.25) is 0 Å². The first-order valence-corrected chi connectivity index (χ1v) is 7.60. The number of aliphatic hydroxyl groups excluding tert-OH is 1. The van der Waals surface area contributed by atoms with E-state index in [1.54, 1.807) is 23.5 Å². The van der Waals surface area contributed by atoms with E-state index < -0.39 is 6.23 Å². The van der Waals surface area contributed by atoms with Gasteiger partial charge in [-0.25, -0.2) is 0 Å². The van der Waals surface area contributed by atoms with Gasteiger partial charge in [0, 0.05) is 25.9 Å². The molecule has 1 aliphatic heterocycles. The summed E-state index contributed by atoms with van der Waals surface area (Å²) in [7, 11) is 0. The number of carbonyl (C=O) groups is 1. The van der Waals surface area contributed by atoms with Crippen molar-refractivity contribution < 1.29 is 9.90 Å². The number of benzene rings is 1. The molecule has 5 heteroatoms. The molecule has 0 fully saturated rings. The van der Waals surface area contributed by atoms with E-state index in [1.807, 2.05) is 30.5 Å². The molecule has 1 aliphatic rings. The van der Waals surface area contributed by atoms with Crippen LogP contribution in [0.25, 0.3) is 0 Å². The number of carbonyl (C=O) groups excluding carboxylic acids is 1. The van der Waals surface area contributed by atoms with E-state index in [4.69, 9.17) is 0 Å². The van der Waals surface area contributed by atoms with E-state index in [1.165, 1.54) is 4.90 Å².